The molecular weight excluding hydrogens is 203 g/mol. The van der Waals surface area contributed by atoms with Crippen molar-refractivity contribution < 1.29 is 13.9 Å². The minimum Gasteiger partial charge on any atom is -0.353 e. The monoisotopic (exact) mass is 216 g/mol. The highest BCUT2D eigenvalue weighted by Crippen LogP contribution is 2.19. The Morgan fingerprint density at radius 3 is 3.14 bits per heavy atom. The first kappa shape index (κ1) is 10.1. The fourth-order valence-corrected chi connectivity index (χ4v) is 2.11. The molecule has 0 radical (unpaired) electrons. The highest BCUT2D eigenvalue weighted by atomic mass is 32.1. The van der Waals surface area contributed by atoms with Gasteiger partial charge in [-0.2, -0.15) is 0 Å². The maximum absolute atomic E-state index is 13.0. The molecule has 1 atom stereocenters. The van der Waals surface area contributed by atoms with Crippen LogP contribution in [0.1, 0.15) is 24.1 Å². The van der Waals surface area contributed by atoms with Gasteiger partial charge in [0.05, 0.1) is 11.5 Å². The molecule has 1 fully saturated rings. The Hall–Kier alpha value is -0.450. The zero-order chi connectivity index (χ0) is 9.80. The van der Waals surface area contributed by atoms with Crippen LogP contribution < -0.4 is 0 Å². The Balaban J connectivity index is 1.79. The lowest BCUT2D eigenvalue weighted by Crippen LogP contribution is -2.21. The van der Waals surface area contributed by atoms with Gasteiger partial charge in [-0.05, 0) is 30.7 Å². The first-order valence-corrected chi connectivity index (χ1v) is 5.69. The van der Waals surface area contributed by atoms with Crippen LogP contribution >= 0.6 is 11.3 Å². The molecule has 0 amide bonds. The van der Waals surface area contributed by atoms with E-state index in [9.17, 15) is 4.39 Å². The molecule has 0 saturated carbocycles. The molecule has 0 spiro atoms. The number of halogens is 1. The van der Waals surface area contributed by atoms with Crippen LogP contribution in [0.15, 0.2) is 11.4 Å². The third-order valence-corrected chi connectivity index (χ3v) is 3.10. The number of ether oxygens (including phenoxy) is 2. The molecular formula is C10H13FO2S. The highest BCUT2D eigenvalue weighted by molar-refractivity contribution is 7.09. The van der Waals surface area contributed by atoms with Gasteiger partial charge >= 0.3 is 0 Å². The molecule has 2 rings (SSSR count). The smallest absolute Gasteiger partial charge is 0.158 e. The zero-order valence-corrected chi connectivity index (χ0v) is 8.69. The average molecular weight is 216 g/mol. The number of hydrogen-bond donors (Lipinski definition) is 0. The second-order valence-electron chi connectivity index (χ2n) is 3.30. The fraction of sp³-hybridized carbons (Fsp3) is 0.600. The Kier molecular flexibility index (Phi) is 3.50. The number of thiophene rings is 1. The first-order chi connectivity index (χ1) is 6.86. The van der Waals surface area contributed by atoms with Crippen molar-refractivity contribution in [1.29, 1.82) is 0 Å². The molecule has 4 heteroatoms. The van der Waals surface area contributed by atoms with E-state index in [1.807, 2.05) is 0 Å². The third-order valence-electron chi connectivity index (χ3n) is 2.23. The van der Waals surface area contributed by atoms with E-state index < -0.39 is 0 Å². The van der Waals surface area contributed by atoms with Crippen LogP contribution in [0.3, 0.4) is 0 Å². The summed E-state index contributed by atoms with van der Waals surface area (Å²) in [5.74, 6) is -0.175. The van der Waals surface area contributed by atoms with Crippen LogP contribution in [-0.4, -0.2) is 12.9 Å². The van der Waals surface area contributed by atoms with Crippen LogP contribution in [0.25, 0.3) is 0 Å². The molecule has 78 valence electrons. The lowest BCUT2D eigenvalue weighted by atomic mass is 10.2. The topological polar surface area (TPSA) is 18.5 Å². The van der Waals surface area contributed by atoms with Gasteiger partial charge in [-0.15, -0.1) is 11.3 Å². The summed E-state index contributed by atoms with van der Waals surface area (Å²) < 4.78 is 23.8. The lowest BCUT2D eigenvalue weighted by Gasteiger charge is -2.22. The van der Waals surface area contributed by atoms with E-state index in [1.165, 1.54) is 17.4 Å². The van der Waals surface area contributed by atoms with Crippen molar-refractivity contribution in [1.82, 2.24) is 0 Å². The van der Waals surface area contributed by atoms with E-state index in [0.717, 1.165) is 25.9 Å². The Labute approximate surface area is 86.6 Å². The van der Waals surface area contributed by atoms with E-state index in [2.05, 4.69) is 0 Å². The maximum atomic E-state index is 13.0. The van der Waals surface area contributed by atoms with Crippen molar-refractivity contribution in [3.05, 3.63) is 22.1 Å². The lowest BCUT2D eigenvalue weighted by molar-refractivity contribution is -0.168. The van der Waals surface area contributed by atoms with Crippen LogP contribution in [0.2, 0.25) is 0 Å². The van der Waals surface area contributed by atoms with Crippen LogP contribution in [-0.2, 0) is 16.1 Å². The summed E-state index contributed by atoms with van der Waals surface area (Å²) in [5, 5.41) is 1.73. The predicted octanol–water partition coefficient (Wildman–Crippen LogP) is 2.93. The van der Waals surface area contributed by atoms with E-state index >= 15 is 0 Å². The van der Waals surface area contributed by atoms with Gasteiger partial charge in [0.2, 0.25) is 0 Å². The van der Waals surface area contributed by atoms with Gasteiger partial charge in [0.15, 0.2) is 6.29 Å². The molecule has 0 aliphatic carbocycles. The molecule has 1 unspecified atom stereocenters. The second-order valence-corrected chi connectivity index (χ2v) is 4.30. The number of hydrogen-bond acceptors (Lipinski definition) is 3. The molecule has 1 aliphatic rings. The first-order valence-electron chi connectivity index (χ1n) is 4.81. The van der Waals surface area contributed by atoms with Crippen molar-refractivity contribution in [3.63, 3.8) is 0 Å². The van der Waals surface area contributed by atoms with Crippen LogP contribution in [0, 0.1) is 5.82 Å². The molecule has 2 nitrogen and oxygen atoms in total. The summed E-state index contributed by atoms with van der Waals surface area (Å²) in [5.41, 5.74) is 0. The normalized spacial score (nSPS) is 22.5. The van der Waals surface area contributed by atoms with Gasteiger partial charge in [-0.25, -0.2) is 4.39 Å². The Morgan fingerprint density at radius 1 is 1.57 bits per heavy atom. The van der Waals surface area contributed by atoms with Crippen LogP contribution in [0.4, 0.5) is 4.39 Å². The van der Waals surface area contributed by atoms with E-state index in [4.69, 9.17) is 9.47 Å². The van der Waals surface area contributed by atoms with Gasteiger partial charge in [-0.1, -0.05) is 0 Å². The van der Waals surface area contributed by atoms with Gasteiger partial charge in [0.25, 0.3) is 0 Å². The fourth-order valence-electron chi connectivity index (χ4n) is 1.44. The van der Waals surface area contributed by atoms with Crippen LogP contribution in [0.5, 0.6) is 0 Å². The zero-order valence-electron chi connectivity index (χ0n) is 7.87. The van der Waals surface area contributed by atoms with Crippen molar-refractivity contribution in [2.24, 2.45) is 0 Å². The summed E-state index contributed by atoms with van der Waals surface area (Å²) in [6, 6.07) is 1.46. The van der Waals surface area contributed by atoms with Crippen molar-refractivity contribution in [3.8, 4) is 0 Å². The minimum atomic E-state index is -0.175. The second kappa shape index (κ2) is 4.87. The molecule has 1 aromatic heterocycles. The summed E-state index contributed by atoms with van der Waals surface area (Å²) >= 11 is 1.38. The predicted molar refractivity (Wildman–Crippen MR) is 52.7 cm³/mol. The standard InChI is InChI=1S/C10H13FO2S/c11-8-4-6-14-9(8)7-13-10-3-1-2-5-12-10/h4,6,10H,1-3,5,7H2. The Bertz CT molecular complexity index is 281. The Morgan fingerprint density at radius 2 is 2.50 bits per heavy atom. The van der Waals surface area contributed by atoms with E-state index in [1.54, 1.807) is 5.38 Å². The summed E-state index contributed by atoms with van der Waals surface area (Å²) in [7, 11) is 0. The molecule has 0 bridgehead atoms. The molecule has 2 heterocycles. The molecule has 0 N–H and O–H groups in total. The molecule has 0 aromatic carbocycles. The molecule has 1 aromatic rings. The van der Waals surface area contributed by atoms with Crippen molar-refractivity contribution >= 4 is 11.3 Å². The van der Waals surface area contributed by atoms with Gasteiger partial charge in [0.1, 0.15) is 5.82 Å². The van der Waals surface area contributed by atoms with Crippen molar-refractivity contribution in [2.75, 3.05) is 6.61 Å². The molecule has 1 saturated heterocycles. The average Bonchev–Trinajstić information content (AvgIpc) is 2.63. The van der Waals surface area contributed by atoms with Crippen molar-refractivity contribution in [2.45, 2.75) is 32.2 Å². The summed E-state index contributed by atoms with van der Waals surface area (Å²) in [6.45, 7) is 1.09. The largest absolute Gasteiger partial charge is 0.353 e. The highest BCUT2D eigenvalue weighted by Gasteiger charge is 2.15. The third kappa shape index (κ3) is 2.53. The molecule has 1 aliphatic heterocycles. The van der Waals surface area contributed by atoms with Gasteiger partial charge in [-0.3, -0.25) is 0 Å². The van der Waals surface area contributed by atoms with Gasteiger partial charge < -0.3 is 9.47 Å². The quantitative estimate of drug-likeness (QED) is 0.773. The minimum absolute atomic E-state index is 0.134. The maximum Gasteiger partial charge on any atom is 0.158 e. The SMILES string of the molecule is Fc1ccsc1COC1CCCCO1. The van der Waals surface area contributed by atoms with E-state index in [0.29, 0.717) is 11.5 Å². The number of rotatable bonds is 3. The summed E-state index contributed by atoms with van der Waals surface area (Å²) in [4.78, 5) is 0.652. The van der Waals surface area contributed by atoms with Gasteiger partial charge in [0, 0.05) is 6.61 Å². The van der Waals surface area contributed by atoms with E-state index in [-0.39, 0.29) is 12.1 Å². The molecule has 14 heavy (non-hydrogen) atoms. The summed E-state index contributed by atoms with van der Waals surface area (Å²) in [6.07, 6.45) is 3.03.